The molecular weight excluding hydrogens is 288 g/mol. The van der Waals surface area contributed by atoms with Crippen LogP contribution in [0.15, 0.2) is 16.5 Å². The Morgan fingerprint density at radius 2 is 1.45 bits per heavy atom. The molecule has 124 valence electrons. The van der Waals surface area contributed by atoms with Crippen molar-refractivity contribution in [2.45, 2.75) is 51.4 Å². The summed E-state index contributed by atoms with van der Waals surface area (Å²) in [6.45, 7) is 0.585. The van der Waals surface area contributed by atoms with Crippen molar-refractivity contribution in [3.8, 4) is 0 Å². The van der Waals surface area contributed by atoms with E-state index in [1.165, 1.54) is 18.6 Å². The predicted octanol–water partition coefficient (Wildman–Crippen LogP) is 3.25. The molecule has 0 saturated heterocycles. The molecule has 0 atom stereocenters. The van der Waals surface area contributed by atoms with Crippen LogP contribution in [-0.2, 0) is 4.74 Å². The van der Waals surface area contributed by atoms with E-state index in [0.717, 1.165) is 44.9 Å². The van der Waals surface area contributed by atoms with Crippen LogP contribution in [0, 0.1) is 0 Å². The highest BCUT2D eigenvalue weighted by Crippen LogP contribution is 2.11. The van der Waals surface area contributed by atoms with Crippen LogP contribution in [0.3, 0.4) is 0 Å². The van der Waals surface area contributed by atoms with Gasteiger partial charge in [0.2, 0.25) is 11.5 Å². The molecule has 1 aromatic rings. The van der Waals surface area contributed by atoms with Crippen molar-refractivity contribution in [1.29, 1.82) is 0 Å². The van der Waals surface area contributed by atoms with E-state index < -0.39 is 11.9 Å². The van der Waals surface area contributed by atoms with E-state index in [9.17, 15) is 9.59 Å². The predicted molar refractivity (Wildman–Crippen MR) is 80.0 cm³/mol. The summed E-state index contributed by atoms with van der Waals surface area (Å²) in [7, 11) is 0. The maximum atomic E-state index is 11.6. The number of furan rings is 1. The molecule has 22 heavy (non-hydrogen) atoms. The first-order valence-electron chi connectivity index (χ1n) is 7.76. The third kappa shape index (κ3) is 7.26. The van der Waals surface area contributed by atoms with E-state index in [0.29, 0.717) is 6.61 Å². The van der Waals surface area contributed by atoms with Crippen LogP contribution in [0.1, 0.15) is 72.5 Å². The lowest BCUT2D eigenvalue weighted by Gasteiger charge is -2.03. The van der Waals surface area contributed by atoms with Crippen molar-refractivity contribution in [3.05, 3.63) is 23.7 Å². The molecule has 0 amide bonds. The number of aliphatic hydroxyl groups is 1. The number of carboxylic acid groups (broad SMARTS) is 1. The van der Waals surface area contributed by atoms with Crippen molar-refractivity contribution in [1.82, 2.24) is 0 Å². The molecule has 6 nitrogen and oxygen atoms in total. The van der Waals surface area contributed by atoms with E-state index in [2.05, 4.69) is 0 Å². The van der Waals surface area contributed by atoms with Crippen LogP contribution in [0.4, 0.5) is 0 Å². The van der Waals surface area contributed by atoms with Gasteiger partial charge in [-0.15, -0.1) is 0 Å². The van der Waals surface area contributed by atoms with Gasteiger partial charge in [0, 0.05) is 6.61 Å². The number of carbonyl (C=O) groups excluding carboxylic acids is 1. The second kappa shape index (κ2) is 10.8. The SMILES string of the molecule is O=C(O)c1ccc(C(=O)OCCCCCCCCCCO)o1. The molecule has 6 heteroatoms. The first-order valence-corrected chi connectivity index (χ1v) is 7.76. The highest BCUT2D eigenvalue weighted by Gasteiger charge is 2.15. The summed E-state index contributed by atoms with van der Waals surface area (Å²) in [6.07, 6.45) is 8.31. The molecule has 0 aromatic carbocycles. The summed E-state index contributed by atoms with van der Waals surface area (Å²) in [4.78, 5) is 22.2. The van der Waals surface area contributed by atoms with Gasteiger partial charge in [0.1, 0.15) is 0 Å². The molecule has 0 aliphatic heterocycles. The number of unbranched alkanes of at least 4 members (excludes halogenated alkanes) is 7. The Morgan fingerprint density at radius 3 is 2.00 bits per heavy atom. The van der Waals surface area contributed by atoms with Gasteiger partial charge in [-0.25, -0.2) is 9.59 Å². The van der Waals surface area contributed by atoms with Gasteiger partial charge < -0.3 is 19.4 Å². The molecule has 1 rings (SSSR count). The normalized spacial score (nSPS) is 10.6. The molecule has 0 bridgehead atoms. The van der Waals surface area contributed by atoms with Crippen LogP contribution < -0.4 is 0 Å². The second-order valence-corrected chi connectivity index (χ2v) is 5.16. The van der Waals surface area contributed by atoms with E-state index in [1.807, 2.05) is 0 Å². The molecule has 1 heterocycles. The zero-order valence-electron chi connectivity index (χ0n) is 12.8. The van der Waals surface area contributed by atoms with E-state index in [1.54, 1.807) is 0 Å². The number of aliphatic hydroxyl groups excluding tert-OH is 1. The van der Waals surface area contributed by atoms with Crippen molar-refractivity contribution in [3.63, 3.8) is 0 Å². The Kier molecular flexibility index (Phi) is 8.98. The van der Waals surface area contributed by atoms with Gasteiger partial charge in [0.05, 0.1) is 6.61 Å². The number of esters is 1. The topological polar surface area (TPSA) is 97.0 Å². The van der Waals surface area contributed by atoms with Gasteiger partial charge in [-0.05, 0) is 25.0 Å². The first kappa shape index (κ1) is 18.2. The quantitative estimate of drug-likeness (QED) is 0.454. The summed E-state index contributed by atoms with van der Waals surface area (Å²) in [5, 5.41) is 17.3. The molecule has 0 spiro atoms. The summed E-state index contributed by atoms with van der Waals surface area (Å²) in [5.74, 6) is -2.19. The summed E-state index contributed by atoms with van der Waals surface area (Å²) in [5.41, 5.74) is 0. The molecule has 0 radical (unpaired) electrons. The zero-order valence-corrected chi connectivity index (χ0v) is 12.8. The Bertz CT molecular complexity index is 451. The molecular formula is C16H24O6. The van der Waals surface area contributed by atoms with Gasteiger partial charge in [-0.3, -0.25) is 0 Å². The number of carbonyl (C=O) groups is 2. The van der Waals surface area contributed by atoms with E-state index >= 15 is 0 Å². The maximum Gasteiger partial charge on any atom is 0.374 e. The molecule has 0 aliphatic rings. The number of rotatable bonds is 12. The van der Waals surface area contributed by atoms with E-state index in [-0.39, 0.29) is 18.1 Å². The van der Waals surface area contributed by atoms with Crippen LogP contribution in [0.5, 0.6) is 0 Å². The molecule has 0 unspecified atom stereocenters. The summed E-state index contributed by atoms with van der Waals surface area (Å²) in [6, 6.07) is 2.54. The monoisotopic (exact) mass is 312 g/mol. The van der Waals surface area contributed by atoms with Crippen molar-refractivity contribution in [2.75, 3.05) is 13.2 Å². The fourth-order valence-electron chi connectivity index (χ4n) is 2.07. The smallest absolute Gasteiger partial charge is 0.374 e. The Hall–Kier alpha value is -1.82. The average molecular weight is 312 g/mol. The standard InChI is InChI=1S/C16H24O6/c17-11-7-5-3-1-2-4-6-8-12-21-16(20)14-10-9-13(22-14)15(18)19/h9-10,17H,1-8,11-12H2,(H,18,19). The average Bonchev–Trinajstić information content (AvgIpc) is 2.99. The summed E-state index contributed by atoms with van der Waals surface area (Å²) < 4.78 is 9.88. The minimum atomic E-state index is -1.21. The lowest BCUT2D eigenvalue weighted by Crippen LogP contribution is -2.05. The number of hydrogen-bond acceptors (Lipinski definition) is 5. The minimum absolute atomic E-state index is 0.0821. The second-order valence-electron chi connectivity index (χ2n) is 5.16. The van der Waals surface area contributed by atoms with Gasteiger partial charge in [0.25, 0.3) is 0 Å². The number of aromatic carboxylic acids is 1. The van der Waals surface area contributed by atoms with Crippen LogP contribution in [0.2, 0.25) is 0 Å². The number of ether oxygens (including phenoxy) is 1. The van der Waals surface area contributed by atoms with Crippen molar-refractivity contribution in [2.24, 2.45) is 0 Å². The Balaban J connectivity index is 2.02. The zero-order chi connectivity index (χ0) is 16.2. The Labute approximate surface area is 130 Å². The third-order valence-corrected chi connectivity index (χ3v) is 3.30. The maximum absolute atomic E-state index is 11.6. The number of carboxylic acids is 1. The lowest BCUT2D eigenvalue weighted by atomic mass is 10.1. The van der Waals surface area contributed by atoms with Crippen molar-refractivity contribution < 1.29 is 29.0 Å². The van der Waals surface area contributed by atoms with Gasteiger partial charge >= 0.3 is 11.9 Å². The highest BCUT2D eigenvalue weighted by molar-refractivity contribution is 5.89. The van der Waals surface area contributed by atoms with Crippen LogP contribution in [-0.4, -0.2) is 35.4 Å². The molecule has 0 aliphatic carbocycles. The summed E-state index contributed by atoms with van der Waals surface area (Å²) >= 11 is 0. The molecule has 0 saturated carbocycles. The molecule has 1 aromatic heterocycles. The number of hydrogen-bond donors (Lipinski definition) is 2. The van der Waals surface area contributed by atoms with Crippen molar-refractivity contribution >= 4 is 11.9 Å². The highest BCUT2D eigenvalue weighted by atomic mass is 16.5. The van der Waals surface area contributed by atoms with E-state index in [4.69, 9.17) is 19.4 Å². The fourth-order valence-corrected chi connectivity index (χ4v) is 2.07. The minimum Gasteiger partial charge on any atom is -0.475 e. The van der Waals surface area contributed by atoms with Gasteiger partial charge in [-0.2, -0.15) is 0 Å². The Morgan fingerprint density at radius 1 is 0.909 bits per heavy atom. The van der Waals surface area contributed by atoms with Gasteiger partial charge in [-0.1, -0.05) is 38.5 Å². The van der Waals surface area contributed by atoms with Crippen LogP contribution in [0.25, 0.3) is 0 Å². The fraction of sp³-hybridized carbons (Fsp3) is 0.625. The van der Waals surface area contributed by atoms with Crippen LogP contribution >= 0.6 is 0 Å². The van der Waals surface area contributed by atoms with Gasteiger partial charge in [0.15, 0.2) is 0 Å². The third-order valence-electron chi connectivity index (χ3n) is 3.30. The lowest BCUT2D eigenvalue weighted by molar-refractivity contribution is 0.0456. The first-order chi connectivity index (χ1) is 10.6. The molecule has 0 fully saturated rings. The molecule has 2 N–H and O–H groups in total. The largest absolute Gasteiger partial charge is 0.475 e.